The Labute approximate surface area is 154 Å². The maximum Gasteiger partial charge on any atom is 0.205 e. The van der Waals surface area contributed by atoms with Crippen molar-refractivity contribution in [1.82, 2.24) is 4.57 Å². The van der Waals surface area contributed by atoms with E-state index in [2.05, 4.69) is 13.2 Å². The number of ether oxygens (including phenoxy) is 1. The van der Waals surface area contributed by atoms with Gasteiger partial charge in [0, 0.05) is 29.1 Å². The van der Waals surface area contributed by atoms with Crippen LogP contribution in [0.4, 0.5) is 0 Å². The minimum atomic E-state index is -0.297. The Balaban J connectivity index is 2.43. The van der Waals surface area contributed by atoms with Crippen LogP contribution in [0.25, 0.3) is 6.08 Å². The van der Waals surface area contributed by atoms with Crippen molar-refractivity contribution in [3.05, 3.63) is 83.7 Å². The van der Waals surface area contributed by atoms with Gasteiger partial charge < -0.3 is 9.30 Å². The van der Waals surface area contributed by atoms with E-state index in [0.29, 0.717) is 30.0 Å². The summed E-state index contributed by atoms with van der Waals surface area (Å²) >= 11 is 0. The molecule has 0 aliphatic heterocycles. The number of hydrogen-bond donors (Lipinski definition) is 0. The summed E-state index contributed by atoms with van der Waals surface area (Å²) in [5.41, 5.74) is 3.06. The lowest BCUT2D eigenvalue weighted by Gasteiger charge is -2.08. The lowest BCUT2D eigenvalue weighted by atomic mass is 10.0. The molecule has 4 nitrogen and oxygen atoms in total. The highest BCUT2D eigenvalue weighted by molar-refractivity contribution is 6.14. The van der Waals surface area contributed by atoms with Gasteiger partial charge in [-0.2, -0.15) is 5.26 Å². The van der Waals surface area contributed by atoms with Gasteiger partial charge in [0.2, 0.25) is 5.78 Å². The van der Waals surface area contributed by atoms with Crippen molar-refractivity contribution < 1.29 is 9.53 Å². The number of rotatable bonds is 8. The number of nitriles is 1. The van der Waals surface area contributed by atoms with E-state index in [4.69, 9.17) is 4.74 Å². The van der Waals surface area contributed by atoms with Crippen LogP contribution in [0.15, 0.2) is 61.2 Å². The predicted octanol–water partition coefficient (Wildman–Crippen LogP) is 4.65. The van der Waals surface area contributed by atoms with Crippen molar-refractivity contribution >= 4 is 11.9 Å². The van der Waals surface area contributed by atoms with Crippen molar-refractivity contribution in [3.8, 4) is 11.8 Å². The van der Waals surface area contributed by atoms with Crippen LogP contribution in [0.5, 0.6) is 5.75 Å². The van der Waals surface area contributed by atoms with Crippen molar-refractivity contribution in [2.24, 2.45) is 0 Å². The molecule has 2 aromatic rings. The molecule has 1 aromatic heterocycles. The van der Waals surface area contributed by atoms with Gasteiger partial charge in [-0.15, -0.1) is 6.58 Å². The fourth-order valence-electron chi connectivity index (χ4n) is 2.77. The Morgan fingerprint density at radius 2 is 2.00 bits per heavy atom. The molecule has 0 fully saturated rings. The first kappa shape index (κ1) is 19.0. The molecular formula is C22H22N2O2. The number of ketones is 1. The fraction of sp³-hybridized carbons (Fsp3) is 0.182. The molecule has 4 heteroatoms. The lowest BCUT2D eigenvalue weighted by Crippen LogP contribution is -2.06. The molecule has 0 aliphatic carbocycles. The number of nitrogens with zero attached hydrogens (tertiary/aromatic N) is 2. The summed E-state index contributed by atoms with van der Waals surface area (Å²) in [5, 5.41) is 9.54. The van der Waals surface area contributed by atoms with Crippen molar-refractivity contribution in [3.63, 3.8) is 0 Å². The third-order valence-electron chi connectivity index (χ3n) is 4.07. The number of aryl methyl sites for hydroxylation is 1. The van der Waals surface area contributed by atoms with E-state index < -0.39 is 0 Å². The number of carbonyl (C=O) groups excluding carboxylic acids is 1. The average molecular weight is 346 g/mol. The van der Waals surface area contributed by atoms with E-state index in [-0.39, 0.29) is 11.4 Å². The molecule has 0 saturated heterocycles. The molecule has 0 radical (unpaired) electrons. The summed E-state index contributed by atoms with van der Waals surface area (Å²) in [7, 11) is 0. The molecule has 0 saturated carbocycles. The van der Waals surface area contributed by atoms with E-state index in [0.717, 1.165) is 11.4 Å². The van der Waals surface area contributed by atoms with Gasteiger partial charge in [0.05, 0.1) is 0 Å². The summed E-state index contributed by atoms with van der Waals surface area (Å²) in [4.78, 5) is 12.9. The second-order valence-electron chi connectivity index (χ2n) is 5.82. The van der Waals surface area contributed by atoms with Crippen LogP contribution in [0, 0.1) is 25.2 Å². The highest BCUT2D eigenvalue weighted by atomic mass is 16.5. The smallest absolute Gasteiger partial charge is 0.205 e. The van der Waals surface area contributed by atoms with Gasteiger partial charge in [0.15, 0.2) is 0 Å². The average Bonchev–Trinajstić information content (AvgIpc) is 2.93. The van der Waals surface area contributed by atoms with E-state index in [1.165, 1.54) is 0 Å². The molecule has 0 unspecified atom stereocenters. The van der Waals surface area contributed by atoms with Crippen LogP contribution in [-0.2, 0) is 6.54 Å². The zero-order valence-electron chi connectivity index (χ0n) is 15.2. The number of benzene rings is 1. The number of para-hydroxylation sites is 1. The maximum absolute atomic E-state index is 12.9. The molecule has 2 rings (SSSR count). The van der Waals surface area contributed by atoms with Crippen LogP contribution in [-0.4, -0.2) is 17.0 Å². The van der Waals surface area contributed by atoms with Crippen LogP contribution in [0.2, 0.25) is 0 Å². The van der Waals surface area contributed by atoms with E-state index in [1.807, 2.05) is 48.7 Å². The molecule has 0 amide bonds. The quantitative estimate of drug-likeness (QED) is 0.303. The lowest BCUT2D eigenvalue weighted by molar-refractivity contribution is 0.103. The van der Waals surface area contributed by atoms with Crippen LogP contribution >= 0.6 is 0 Å². The number of allylic oxidation sites excluding steroid dienone is 2. The molecule has 0 aliphatic rings. The zero-order chi connectivity index (χ0) is 19.1. The van der Waals surface area contributed by atoms with E-state index >= 15 is 0 Å². The van der Waals surface area contributed by atoms with Gasteiger partial charge in [-0.25, -0.2) is 0 Å². The Kier molecular flexibility index (Phi) is 6.35. The normalized spacial score (nSPS) is 10.9. The molecule has 0 bridgehead atoms. The van der Waals surface area contributed by atoms with Gasteiger partial charge in [0.25, 0.3) is 0 Å². The monoisotopic (exact) mass is 346 g/mol. The predicted molar refractivity (Wildman–Crippen MR) is 104 cm³/mol. The fourth-order valence-corrected chi connectivity index (χ4v) is 2.77. The Morgan fingerprint density at radius 1 is 1.27 bits per heavy atom. The summed E-state index contributed by atoms with van der Waals surface area (Å²) < 4.78 is 7.59. The highest BCUT2D eigenvalue weighted by Gasteiger charge is 2.19. The first-order valence-electron chi connectivity index (χ1n) is 8.30. The minimum Gasteiger partial charge on any atom is -0.489 e. The number of Topliss-reactive ketones (excluding diaryl/α,β-unsaturated/α-hetero) is 1. The number of carbonyl (C=O) groups is 1. The second-order valence-corrected chi connectivity index (χ2v) is 5.82. The Morgan fingerprint density at radius 3 is 2.65 bits per heavy atom. The van der Waals surface area contributed by atoms with Crippen LogP contribution < -0.4 is 4.74 Å². The second kappa shape index (κ2) is 8.68. The van der Waals surface area contributed by atoms with Gasteiger partial charge >= 0.3 is 0 Å². The molecule has 0 atom stereocenters. The van der Waals surface area contributed by atoms with Crippen LogP contribution in [0.3, 0.4) is 0 Å². The van der Waals surface area contributed by atoms with Crippen LogP contribution in [0.1, 0.15) is 27.3 Å². The summed E-state index contributed by atoms with van der Waals surface area (Å²) in [6, 6.07) is 11.1. The summed E-state index contributed by atoms with van der Waals surface area (Å²) in [6.45, 7) is 12.2. The number of hydrogen-bond acceptors (Lipinski definition) is 3. The summed E-state index contributed by atoms with van der Waals surface area (Å²) in [5.74, 6) is 0.305. The SMILES string of the molecule is C=CCOc1ccccc1/C=C(\C#N)C(=O)c1cc(C)n(CC=C)c1C. The van der Waals surface area contributed by atoms with Gasteiger partial charge in [0.1, 0.15) is 24.0 Å². The Bertz CT molecular complexity index is 911. The van der Waals surface area contributed by atoms with Crippen molar-refractivity contribution in [2.75, 3.05) is 6.61 Å². The third-order valence-corrected chi connectivity index (χ3v) is 4.07. The highest BCUT2D eigenvalue weighted by Crippen LogP contribution is 2.24. The molecule has 0 N–H and O–H groups in total. The Hall–Kier alpha value is -3.32. The van der Waals surface area contributed by atoms with Gasteiger partial charge in [-0.05, 0) is 32.1 Å². The number of aromatic nitrogens is 1. The molecular weight excluding hydrogens is 324 g/mol. The van der Waals surface area contributed by atoms with E-state index in [9.17, 15) is 10.1 Å². The molecule has 132 valence electrons. The van der Waals surface area contributed by atoms with Crippen molar-refractivity contribution in [2.45, 2.75) is 20.4 Å². The zero-order valence-corrected chi connectivity index (χ0v) is 15.2. The first-order chi connectivity index (χ1) is 12.5. The molecule has 1 aromatic carbocycles. The molecule has 0 spiro atoms. The third kappa shape index (κ3) is 4.01. The van der Waals surface area contributed by atoms with E-state index in [1.54, 1.807) is 24.3 Å². The van der Waals surface area contributed by atoms with Crippen molar-refractivity contribution in [1.29, 1.82) is 5.26 Å². The first-order valence-corrected chi connectivity index (χ1v) is 8.30. The molecule has 26 heavy (non-hydrogen) atoms. The minimum absolute atomic E-state index is 0.0681. The molecule has 1 heterocycles. The summed E-state index contributed by atoms with van der Waals surface area (Å²) in [6.07, 6.45) is 4.99. The largest absolute Gasteiger partial charge is 0.489 e. The maximum atomic E-state index is 12.9. The standard InChI is InChI=1S/C22H22N2O2/c1-5-11-24-16(3)13-20(17(24)4)22(25)19(15-23)14-18-9-7-8-10-21(18)26-12-6-2/h5-10,13-14H,1-2,11-12H2,3-4H3/b19-14+. The van der Waals surface area contributed by atoms with Gasteiger partial charge in [-0.3, -0.25) is 4.79 Å². The van der Waals surface area contributed by atoms with Gasteiger partial charge in [-0.1, -0.05) is 36.9 Å². The topological polar surface area (TPSA) is 55.0 Å².